The molecule has 3 rings (SSSR count). The van der Waals surface area contributed by atoms with E-state index in [1.54, 1.807) is 12.3 Å². The van der Waals surface area contributed by atoms with Gasteiger partial charge >= 0.3 is 0 Å². The fourth-order valence-electron chi connectivity index (χ4n) is 1.88. The van der Waals surface area contributed by atoms with Crippen LogP contribution in [-0.2, 0) is 6.54 Å². The number of hydrogen-bond donors (Lipinski definition) is 1. The number of nitrogens with zero attached hydrogens (tertiary/aromatic N) is 2. The van der Waals surface area contributed by atoms with Crippen LogP contribution in [0.1, 0.15) is 30.1 Å². The van der Waals surface area contributed by atoms with Crippen molar-refractivity contribution < 1.29 is 4.39 Å². The lowest BCUT2D eigenvalue weighted by atomic mass is 10.2. The second kappa shape index (κ2) is 5.25. The molecule has 2 aromatic rings. The summed E-state index contributed by atoms with van der Waals surface area (Å²) in [4.78, 5) is 8.74. The molecule has 98 valence electrons. The Morgan fingerprint density at radius 2 is 2.16 bits per heavy atom. The van der Waals surface area contributed by atoms with Crippen molar-refractivity contribution in [1.82, 2.24) is 9.97 Å². The minimum atomic E-state index is -0.235. The Hall–Kier alpha value is -1.49. The van der Waals surface area contributed by atoms with Crippen molar-refractivity contribution in [1.29, 1.82) is 0 Å². The molecular formula is C14H13BrFN3. The molecule has 1 aliphatic carbocycles. The number of aromatic nitrogens is 2. The van der Waals surface area contributed by atoms with Gasteiger partial charge in [0.2, 0.25) is 0 Å². The van der Waals surface area contributed by atoms with Gasteiger partial charge in [-0.05, 0) is 42.7 Å². The van der Waals surface area contributed by atoms with Crippen molar-refractivity contribution in [3.05, 3.63) is 52.1 Å². The third-order valence-corrected chi connectivity index (χ3v) is 3.86. The van der Waals surface area contributed by atoms with Crippen LogP contribution < -0.4 is 5.32 Å². The van der Waals surface area contributed by atoms with Crippen LogP contribution in [0.15, 0.2) is 34.9 Å². The van der Waals surface area contributed by atoms with Gasteiger partial charge in [0.05, 0.1) is 0 Å². The molecule has 1 aromatic carbocycles. The quantitative estimate of drug-likeness (QED) is 0.929. The van der Waals surface area contributed by atoms with Crippen molar-refractivity contribution in [3.8, 4) is 0 Å². The predicted octanol–water partition coefficient (Wildman–Crippen LogP) is 3.87. The summed E-state index contributed by atoms with van der Waals surface area (Å²) in [5.41, 5.74) is 0.867. The van der Waals surface area contributed by atoms with Gasteiger partial charge in [-0.15, -0.1) is 0 Å². The van der Waals surface area contributed by atoms with E-state index in [-0.39, 0.29) is 5.82 Å². The van der Waals surface area contributed by atoms with Crippen LogP contribution >= 0.6 is 15.9 Å². The number of nitrogens with one attached hydrogen (secondary N) is 1. The van der Waals surface area contributed by atoms with E-state index < -0.39 is 0 Å². The first-order chi connectivity index (χ1) is 9.22. The third-order valence-electron chi connectivity index (χ3n) is 3.08. The molecule has 1 fully saturated rings. The summed E-state index contributed by atoms with van der Waals surface area (Å²) >= 11 is 3.41. The van der Waals surface area contributed by atoms with Gasteiger partial charge in [-0.3, -0.25) is 0 Å². The Bertz CT molecular complexity index is 599. The highest BCUT2D eigenvalue weighted by Crippen LogP contribution is 2.38. The van der Waals surface area contributed by atoms with Crippen molar-refractivity contribution in [3.63, 3.8) is 0 Å². The second-order valence-corrected chi connectivity index (χ2v) is 5.52. The monoisotopic (exact) mass is 321 g/mol. The maximum absolute atomic E-state index is 13.2. The number of anilines is 1. The molecule has 0 amide bonds. The van der Waals surface area contributed by atoms with Crippen LogP contribution in [-0.4, -0.2) is 9.97 Å². The molecule has 1 aromatic heterocycles. The van der Waals surface area contributed by atoms with Gasteiger partial charge in [0, 0.05) is 23.1 Å². The number of benzene rings is 1. The normalized spacial score (nSPS) is 14.4. The van der Waals surface area contributed by atoms with Crippen LogP contribution in [0.2, 0.25) is 0 Å². The third kappa shape index (κ3) is 3.10. The zero-order chi connectivity index (χ0) is 13.2. The Labute approximate surface area is 119 Å². The molecule has 5 heteroatoms. The van der Waals surface area contributed by atoms with E-state index >= 15 is 0 Å². The maximum Gasteiger partial charge on any atom is 0.133 e. The van der Waals surface area contributed by atoms with Gasteiger partial charge in [0.25, 0.3) is 0 Å². The van der Waals surface area contributed by atoms with Gasteiger partial charge in [0.1, 0.15) is 17.5 Å². The van der Waals surface area contributed by atoms with E-state index in [0.717, 1.165) is 21.7 Å². The zero-order valence-corrected chi connectivity index (χ0v) is 11.8. The lowest BCUT2D eigenvalue weighted by molar-refractivity contribution is 0.625. The van der Waals surface area contributed by atoms with E-state index in [0.29, 0.717) is 12.5 Å². The largest absolute Gasteiger partial charge is 0.366 e. The standard InChI is InChI=1S/C14H13BrFN3/c15-12-4-3-11(16)7-10(12)8-18-13-5-6-17-14(19-13)9-1-2-9/h3-7,9H,1-2,8H2,(H,17,18,19). The second-order valence-electron chi connectivity index (χ2n) is 4.66. The first-order valence-corrected chi connectivity index (χ1v) is 7.02. The van der Waals surface area contributed by atoms with Gasteiger partial charge in [-0.2, -0.15) is 0 Å². The molecule has 19 heavy (non-hydrogen) atoms. The molecule has 1 heterocycles. The van der Waals surface area contributed by atoms with Crippen LogP contribution in [0.3, 0.4) is 0 Å². The van der Waals surface area contributed by atoms with Gasteiger partial charge in [-0.25, -0.2) is 14.4 Å². The average molecular weight is 322 g/mol. The van der Waals surface area contributed by atoms with Crippen molar-refractivity contribution in [2.45, 2.75) is 25.3 Å². The summed E-state index contributed by atoms with van der Waals surface area (Å²) in [6.45, 7) is 0.527. The topological polar surface area (TPSA) is 37.8 Å². The summed E-state index contributed by atoms with van der Waals surface area (Å²) in [6, 6.07) is 6.49. The fourth-order valence-corrected chi connectivity index (χ4v) is 2.26. The van der Waals surface area contributed by atoms with E-state index in [1.165, 1.54) is 25.0 Å². The molecule has 0 spiro atoms. The highest BCUT2D eigenvalue weighted by atomic mass is 79.9. The smallest absolute Gasteiger partial charge is 0.133 e. The molecule has 3 nitrogen and oxygen atoms in total. The first kappa shape index (κ1) is 12.5. The van der Waals surface area contributed by atoms with Crippen LogP contribution in [0.4, 0.5) is 10.2 Å². The summed E-state index contributed by atoms with van der Waals surface area (Å²) in [7, 11) is 0. The van der Waals surface area contributed by atoms with Crippen LogP contribution in [0.5, 0.6) is 0 Å². The molecule has 0 bridgehead atoms. The van der Waals surface area contributed by atoms with E-state index in [4.69, 9.17) is 0 Å². The van der Waals surface area contributed by atoms with E-state index in [9.17, 15) is 4.39 Å². The molecule has 0 saturated heterocycles. The molecular weight excluding hydrogens is 309 g/mol. The highest BCUT2D eigenvalue weighted by Gasteiger charge is 2.26. The lowest BCUT2D eigenvalue weighted by Crippen LogP contribution is -2.04. The van der Waals surface area contributed by atoms with Crippen molar-refractivity contribution >= 4 is 21.7 Å². The fraction of sp³-hybridized carbons (Fsp3) is 0.286. The number of hydrogen-bond acceptors (Lipinski definition) is 3. The first-order valence-electron chi connectivity index (χ1n) is 6.23. The zero-order valence-electron chi connectivity index (χ0n) is 10.2. The van der Waals surface area contributed by atoms with Gasteiger partial charge < -0.3 is 5.32 Å². The SMILES string of the molecule is Fc1ccc(Br)c(CNc2ccnc(C3CC3)n2)c1. The molecule has 1 N–H and O–H groups in total. The molecule has 0 atom stereocenters. The molecule has 1 saturated carbocycles. The van der Waals surface area contributed by atoms with Crippen molar-refractivity contribution in [2.75, 3.05) is 5.32 Å². The predicted molar refractivity (Wildman–Crippen MR) is 75.4 cm³/mol. The Balaban J connectivity index is 1.71. The maximum atomic E-state index is 13.2. The summed E-state index contributed by atoms with van der Waals surface area (Å²) in [5.74, 6) is 1.99. The number of halogens is 2. The van der Waals surface area contributed by atoms with Crippen LogP contribution in [0, 0.1) is 5.82 Å². The Morgan fingerprint density at radius 3 is 2.95 bits per heavy atom. The highest BCUT2D eigenvalue weighted by molar-refractivity contribution is 9.10. The minimum absolute atomic E-state index is 0.235. The molecule has 0 aliphatic heterocycles. The van der Waals surface area contributed by atoms with Crippen molar-refractivity contribution in [2.24, 2.45) is 0 Å². The Morgan fingerprint density at radius 1 is 1.32 bits per heavy atom. The minimum Gasteiger partial charge on any atom is -0.366 e. The Kier molecular flexibility index (Phi) is 3.46. The van der Waals surface area contributed by atoms with E-state index in [2.05, 4.69) is 31.2 Å². The summed E-state index contributed by atoms with van der Waals surface area (Å²) < 4.78 is 14.1. The molecule has 0 radical (unpaired) electrons. The van der Waals surface area contributed by atoms with E-state index in [1.807, 2.05) is 6.07 Å². The average Bonchev–Trinajstić information content (AvgIpc) is 3.25. The molecule has 1 aliphatic rings. The summed E-state index contributed by atoms with van der Waals surface area (Å²) in [6.07, 6.45) is 4.13. The summed E-state index contributed by atoms with van der Waals surface area (Å²) in [5, 5.41) is 3.20. The van der Waals surface area contributed by atoms with Crippen LogP contribution in [0.25, 0.3) is 0 Å². The molecule has 0 unspecified atom stereocenters. The van der Waals surface area contributed by atoms with Gasteiger partial charge in [-0.1, -0.05) is 15.9 Å². The number of rotatable bonds is 4. The lowest BCUT2D eigenvalue weighted by Gasteiger charge is -2.08. The van der Waals surface area contributed by atoms with Gasteiger partial charge in [0.15, 0.2) is 0 Å².